The summed E-state index contributed by atoms with van der Waals surface area (Å²) in [6.07, 6.45) is 1.52. The van der Waals surface area contributed by atoms with Gasteiger partial charge < -0.3 is 9.88 Å². The Labute approximate surface area is 370 Å². The van der Waals surface area contributed by atoms with Crippen LogP contribution >= 0.6 is 11.3 Å². The minimum absolute atomic E-state index is 0.0125. The lowest BCUT2D eigenvalue weighted by atomic mass is 9.89. The molecule has 3 heterocycles. The molecule has 0 aliphatic carbocycles. The molecule has 0 saturated heterocycles. The van der Waals surface area contributed by atoms with Crippen molar-refractivity contribution in [3.05, 3.63) is 205 Å². The minimum Gasteiger partial charge on any atom is -0.363 e. The molecule has 0 amide bonds. The second kappa shape index (κ2) is 15.2. The van der Waals surface area contributed by atoms with Gasteiger partial charge in [-0.2, -0.15) is 0 Å². The van der Waals surface area contributed by atoms with E-state index in [1.54, 1.807) is 0 Å². The highest BCUT2D eigenvalue weighted by Crippen LogP contribution is 2.44. The first-order valence-corrected chi connectivity index (χ1v) is 22.9. The normalized spacial score (nSPS) is 15.5. The smallest absolute Gasteiger partial charge is 0.159 e. The third-order valence-electron chi connectivity index (χ3n) is 13.1. The predicted octanol–water partition coefficient (Wildman–Crippen LogP) is 15.4. The summed E-state index contributed by atoms with van der Waals surface area (Å²) in [6.45, 7) is 4.50. The SMILES string of the molecule is CCc1ccccc1-c1ccccc1NC1N=C(c2c(-n3c4cc5ccccc5cc4c4cc5ccccc5cc43)ccc3sc4ccccc4c23)N=C(c2ccccc2)C1CC. The van der Waals surface area contributed by atoms with Crippen molar-refractivity contribution in [2.24, 2.45) is 15.9 Å². The molecule has 63 heavy (non-hydrogen) atoms. The summed E-state index contributed by atoms with van der Waals surface area (Å²) >= 11 is 1.84. The van der Waals surface area contributed by atoms with Crippen LogP contribution in [-0.2, 0) is 6.42 Å². The zero-order valence-corrected chi connectivity index (χ0v) is 36.0. The van der Waals surface area contributed by atoms with Crippen molar-refractivity contribution in [1.82, 2.24) is 4.57 Å². The van der Waals surface area contributed by atoms with Crippen LogP contribution in [-0.4, -0.2) is 22.3 Å². The number of thiophene rings is 1. The topological polar surface area (TPSA) is 41.7 Å². The van der Waals surface area contributed by atoms with Crippen LogP contribution in [0.15, 0.2) is 198 Å². The summed E-state index contributed by atoms with van der Waals surface area (Å²) in [6, 6.07) is 68.6. The fraction of sp³-hybridized carbons (Fsp3) is 0.103. The molecule has 0 saturated carbocycles. The second-order valence-electron chi connectivity index (χ2n) is 16.7. The van der Waals surface area contributed by atoms with E-state index in [4.69, 9.17) is 9.98 Å². The van der Waals surface area contributed by atoms with E-state index in [1.165, 1.54) is 69.2 Å². The molecule has 0 bridgehead atoms. The molecule has 1 N–H and O–H groups in total. The van der Waals surface area contributed by atoms with Gasteiger partial charge in [0.15, 0.2) is 5.84 Å². The number of amidine groups is 1. The fourth-order valence-electron chi connectivity index (χ4n) is 10.1. The number of hydrogen-bond acceptors (Lipinski definition) is 4. The van der Waals surface area contributed by atoms with Gasteiger partial charge in [-0.1, -0.05) is 153 Å². The Bertz CT molecular complexity index is 3550. The maximum absolute atomic E-state index is 5.83. The number of aromatic nitrogens is 1. The van der Waals surface area contributed by atoms with Gasteiger partial charge >= 0.3 is 0 Å². The van der Waals surface area contributed by atoms with E-state index in [9.17, 15) is 0 Å². The quantitative estimate of drug-likeness (QED) is 0.163. The highest BCUT2D eigenvalue weighted by atomic mass is 32.1. The first-order chi connectivity index (χ1) is 31.1. The molecule has 11 aromatic rings. The molecule has 4 nitrogen and oxygen atoms in total. The number of para-hydroxylation sites is 1. The molecule has 5 heteroatoms. The Kier molecular flexibility index (Phi) is 9.05. The number of aryl methyl sites for hydroxylation is 1. The molecule has 9 aromatic carbocycles. The molecule has 12 rings (SSSR count). The van der Waals surface area contributed by atoms with Crippen LogP contribution < -0.4 is 5.32 Å². The van der Waals surface area contributed by atoms with Gasteiger partial charge in [-0.05, 0) is 99.6 Å². The molecular formula is C58H44N4S. The van der Waals surface area contributed by atoms with Crippen molar-refractivity contribution < 1.29 is 0 Å². The van der Waals surface area contributed by atoms with Crippen LogP contribution in [0.1, 0.15) is 37.0 Å². The average Bonchev–Trinajstić information content (AvgIpc) is 3.87. The van der Waals surface area contributed by atoms with Gasteiger partial charge in [0.1, 0.15) is 6.17 Å². The Morgan fingerprint density at radius 1 is 0.556 bits per heavy atom. The van der Waals surface area contributed by atoms with Gasteiger partial charge in [0.2, 0.25) is 0 Å². The average molecular weight is 829 g/mol. The van der Waals surface area contributed by atoms with Gasteiger partial charge in [0, 0.05) is 48.1 Å². The van der Waals surface area contributed by atoms with Crippen molar-refractivity contribution in [2.45, 2.75) is 32.9 Å². The number of nitrogens with one attached hydrogen (secondary N) is 1. The summed E-state index contributed by atoms with van der Waals surface area (Å²) in [5, 5.41) is 13.8. The molecule has 0 fully saturated rings. The predicted molar refractivity (Wildman–Crippen MR) is 271 cm³/mol. The van der Waals surface area contributed by atoms with Crippen LogP contribution in [0.25, 0.3) is 80.3 Å². The Hall–Kier alpha value is -7.34. The number of anilines is 1. The van der Waals surface area contributed by atoms with E-state index in [2.05, 4.69) is 212 Å². The summed E-state index contributed by atoms with van der Waals surface area (Å²) in [5.74, 6) is 0.752. The Balaban J connectivity index is 1.17. The number of rotatable bonds is 8. The van der Waals surface area contributed by atoms with E-state index >= 15 is 0 Å². The van der Waals surface area contributed by atoms with Gasteiger partial charge in [-0.3, -0.25) is 0 Å². The molecule has 2 unspecified atom stereocenters. The van der Waals surface area contributed by atoms with Crippen molar-refractivity contribution >= 4 is 92.1 Å². The lowest BCUT2D eigenvalue weighted by Crippen LogP contribution is -2.38. The van der Waals surface area contributed by atoms with Crippen LogP contribution in [0, 0.1) is 5.92 Å². The van der Waals surface area contributed by atoms with Crippen molar-refractivity contribution in [1.29, 1.82) is 0 Å². The maximum Gasteiger partial charge on any atom is 0.159 e. The Morgan fingerprint density at radius 2 is 1.16 bits per heavy atom. The van der Waals surface area contributed by atoms with E-state index in [-0.39, 0.29) is 12.1 Å². The molecule has 1 aliphatic heterocycles. The maximum atomic E-state index is 5.83. The Morgan fingerprint density at radius 3 is 1.86 bits per heavy atom. The number of benzene rings is 9. The third-order valence-corrected chi connectivity index (χ3v) is 14.3. The fourth-order valence-corrected chi connectivity index (χ4v) is 11.2. The van der Waals surface area contributed by atoms with Crippen LogP contribution in [0.5, 0.6) is 0 Å². The third kappa shape index (κ3) is 6.18. The first kappa shape index (κ1) is 37.4. The molecule has 0 spiro atoms. The lowest BCUT2D eigenvalue weighted by Gasteiger charge is -2.32. The summed E-state index contributed by atoms with van der Waals surface area (Å²) in [7, 11) is 0. The standard InChI is InChI=1S/C58H44N4S/c1-3-36-18-12-13-25-43(36)44-26-14-16-28-48(44)59-57-42(4-2)56(37-19-6-5-7-20-37)60-58(61-57)55-49(30-31-53-54(55)45-27-15-17-29-52(45)63-53)62-50-34-40-23-10-8-21-38(40)32-46(50)47-33-39-22-9-11-24-41(39)35-51(47)62/h5-35,42,57,59H,3-4H2,1-2H3. The summed E-state index contributed by atoms with van der Waals surface area (Å²) in [5.41, 5.74) is 11.4. The van der Waals surface area contributed by atoms with E-state index in [0.29, 0.717) is 0 Å². The molecule has 2 aromatic heterocycles. The zero-order chi connectivity index (χ0) is 42.0. The lowest BCUT2D eigenvalue weighted by molar-refractivity contribution is 0.557. The molecule has 1 aliphatic rings. The van der Waals surface area contributed by atoms with Crippen molar-refractivity contribution in [3.63, 3.8) is 0 Å². The van der Waals surface area contributed by atoms with Crippen LogP contribution in [0.4, 0.5) is 5.69 Å². The van der Waals surface area contributed by atoms with Gasteiger partial charge in [0.25, 0.3) is 0 Å². The summed E-state index contributed by atoms with van der Waals surface area (Å²) < 4.78 is 4.96. The van der Waals surface area contributed by atoms with Crippen molar-refractivity contribution in [3.8, 4) is 16.8 Å². The molecule has 302 valence electrons. The number of hydrogen-bond donors (Lipinski definition) is 1. The number of aliphatic imine (C=N–C) groups is 2. The van der Waals surface area contributed by atoms with Crippen LogP contribution in [0.2, 0.25) is 0 Å². The van der Waals surface area contributed by atoms with E-state index < -0.39 is 0 Å². The van der Waals surface area contributed by atoms with Gasteiger partial charge in [-0.25, -0.2) is 9.98 Å². The van der Waals surface area contributed by atoms with Gasteiger partial charge in [-0.15, -0.1) is 11.3 Å². The highest BCUT2D eigenvalue weighted by Gasteiger charge is 2.33. The first-order valence-electron chi connectivity index (χ1n) is 22.1. The largest absolute Gasteiger partial charge is 0.363 e. The molecular weight excluding hydrogens is 785 g/mol. The monoisotopic (exact) mass is 828 g/mol. The highest BCUT2D eigenvalue weighted by molar-refractivity contribution is 7.25. The van der Waals surface area contributed by atoms with E-state index in [0.717, 1.165) is 57.9 Å². The number of fused-ring (bicyclic) bond motifs is 8. The van der Waals surface area contributed by atoms with E-state index in [1.807, 2.05) is 11.3 Å². The van der Waals surface area contributed by atoms with Crippen LogP contribution in [0.3, 0.4) is 0 Å². The van der Waals surface area contributed by atoms with Gasteiger partial charge in [0.05, 0.1) is 28.0 Å². The van der Waals surface area contributed by atoms with Crippen molar-refractivity contribution in [2.75, 3.05) is 5.32 Å². The molecule has 2 atom stereocenters. The zero-order valence-electron chi connectivity index (χ0n) is 35.2. The summed E-state index contributed by atoms with van der Waals surface area (Å²) in [4.78, 5) is 11.6. The number of nitrogens with zero attached hydrogens (tertiary/aromatic N) is 3. The minimum atomic E-state index is -0.299. The second-order valence-corrected chi connectivity index (χ2v) is 17.8. The molecule has 0 radical (unpaired) electrons.